The van der Waals surface area contributed by atoms with Crippen LogP contribution in [0.4, 0.5) is 5.69 Å². The molecule has 0 atom stereocenters. The first-order chi connectivity index (χ1) is 8.18. The monoisotopic (exact) mass is 253 g/mol. The minimum Gasteiger partial charge on any atom is -0.494 e. The maximum Gasteiger partial charge on any atom is 0.119 e. The van der Waals surface area contributed by atoms with Crippen LogP contribution in [0.1, 0.15) is 26.7 Å². The van der Waals surface area contributed by atoms with E-state index < -0.39 is 0 Å². The molecule has 0 aliphatic rings. The van der Waals surface area contributed by atoms with Gasteiger partial charge in [0.05, 0.1) is 6.61 Å². The van der Waals surface area contributed by atoms with E-state index in [0.29, 0.717) is 0 Å². The van der Waals surface area contributed by atoms with Gasteiger partial charge in [0.15, 0.2) is 0 Å². The van der Waals surface area contributed by atoms with Crippen LogP contribution in [0.15, 0.2) is 24.3 Å². The largest absolute Gasteiger partial charge is 0.494 e. The molecule has 1 aromatic carbocycles. The van der Waals surface area contributed by atoms with Crippen LogP contribution in [-0.2, 0) is 0 Å². The van der Waals surface area contributed by atoms with E-state index in [-0.39, 0.29) is 0 Å². The lowest BCUT2D eigenvalue weighted by Gasteiger charge is -2.07. The molecule has 17 heavy (non-hydrogen) atoms. The summed E-state index contributed by atoms with van der Waals surface area (Å²) in [5, 5.41) is 0. The van der Waals surface area contributed by atoms with Crippen LogP contribution >= 0.6 is 11.8 Å². The molecular weight excluding hydrogens is 230 g/mol. The Morgan fingerprint density at radius 1 is 1.18 bits per heavy atom. The molecular formula is C14H23NOS. The topological polar surface area (TPSA) is 35.2 Å². The maximum atomic E-state index is 5.62. The molecule has 0 spiro atoms. The van der Waals surface area contributed by atoms with Gasteiger partial charge < -0.3 is 10.5 Å². The third-order valence-electron chi connectivity index (χ3n) is 2.42. The van der Waals surface area contributed by atoms with Gasteiger partial charge in [-0.1, -0.05) is 13.8 Å². The van der Waals surface area contributed by atoms with Gasteiger partial charge >= 0.3 is 0 Å². The second-order valence-corrected chi connectivity index (χ2v) is 5.79. The predicted molar refractivity (Wildman–Crippen MR) is 77.7 cm³/mol. The van der Waals surface area contributed by atoms with Crippen LogP contribution in [0.5, 0.6) is 5.75 Å². The van der Waals surface area contributed by atoms with E-state index in [1.54, 1.807) is 0 Å². The summed E-state index contributed by atoms with van der Waals surface area (Å²) in [7, 11) is 0. The van der Waals surface area contributed by atoms with Crippen LogP contribution in [-0.4, -0.2) is 18.1 Å². The number of nitrogen functional groups attached to an aromatic ring is 1. The molecule has 0 aliphatic carbocycles. The number of thioether (sulfide) groups is 1. The van der Waals surface area contributed by atoms with E-state index >= 15 is 0 Å². The quantitative estimate of drug-likeness (QED) is 0.565. The molecule has 0 aromatic heterocycles. The van der Waals surface area contributed by atoms with E-state index in [2.05, 4.69) is 13.8 Å². The molecule has 0 fully saturated rings. The summed E-state index contributed by atoms with van der Waals surface area (Å²) in [6.07, 6.45) is 2.41. The van der Waals surface area contributed by atoms with Gasteiger partial charge in [-0.3, -0.25) is 0 Å². The number of hydrogen-bond donors (Lipinski definition) is 1. The van der Waals surface area contributed by atoms with Crippen LogP contribution in [0.2, 0.25) is 0 Å². The molecule has 0 heterocycles. The third-order valence-corrected chi connectivity index (χ3v) is 3.52. The zero-order chi connectivity index (χ0) is 12.5. The highest BCUT2D eigenvalue weighted by Crippen LogP contribution is 2.14. The van der Waals surface area contributed by atoms with Crippen molar-refractivity contribution < 1.29 is 4.74 Å². The lowest BCUT2D eigenvalue weighted by molar-refractivity contribution is 0.319. The molecule has 0 unspecified atom stereocenters. The van der Waals surface area contributed by atoms with Gasteiger partial charge in [0.2, 0.25) is 0 Å². The van der Waals surface area contributed by atoms with Crippen molar-refractivity contribution in [2.24, 2.45) is 5.92 Å². The lowest BCUT2D eigenvalue weighted by atomic mass is 10.2. The highest BCUT2D eigenvalue weighted by atomic mass is 32.2. The van der Waals surface area contributed by atoms with Gasteiger partial charge in [-0.15, -0.1) is 0 Å². The Bertz CT molecular complexity index is 298. The summed E-state index contributed by atoms with van der Waals surface area (Å²) in [5.41, 5.74) is 6.38. The third kappa shape index (κ3) is 7.16. The fraction of sp³-hybridized carbons (Fsp3) is 0.571. The van der Waals surface area contributed by atoms with Crippen molar-refractivity contribution in [3.05, 3.63) is 24.3 Å². The molecule has 2 N–H and O–H groups in total. The molecule has 0 saturated heterocycles. The molecule has 1 rings (SSSR count). The van der Waals surface area contributed by atoms with E-state index in [1.165, 1.54) is 17.9 Å². The van der Waals surface area contributed by atoms with Crippen molar-refractivity contribution >= 4 is 17.4 Å². The molecule has 2 nitrogen and oxygen atoms in total. The highest BCUT2D eigenvalue weighted by Gasteiger charge is 1.96. The normalized spacial score (nSPS) is 10.8. The Balaban J connectivity index is 1.99. The van der Waals surface area contributed by atoms with Gasteiger partial charge in [0.25, 0.3) is 0 Å². The predicted octanol–water partition coefficient (Wildman–Crippen LogP) is 3.82. The van der Waals surface area contributed by atoms with Crippen LogP contribution in [0, 0.1) is 5.92 Å². The standard InChI is InChI=1S/C14H23NOS/c1-12(2)8-11-17-10-3-9-16-14-6-4-13(15)5-7-14/h4-7,12H,3,8-11,15H2,1-2H3. The fourth-order valence-corrected chi connectivity index (χ4v) is 2.50. The van der Waals surface area contributed by atoms with E-state index in [4.69, 9.17) is 10.5 Å². The van der Waals surface area contributed by atoms with Gasteiger partial charge in [-0.25, -0.2) is 0 Å². The summed E-state index contributed by atoms with van der Waals surface area (Å²) in [4.78, 5) is 0. The van der Waals surface area contributed by atoms with Gasteiger partial charge in [0, 0.05) is 5.69 Å². The van der Waals surface area contributed by atoms with Gasteiger partial charge in [-0.2, -0.15) is 11.8 Å². The number of benzene rings is 1. The van der Waals surface area contributed by atoms with Crippen molar-refractivity contribution in [1.29, 1.82) is 0 Å². The summed E-state index contributed by atoms with van der Waals surface area (Å²) in [6.45, 7) is 5.33. The molecule has 3 heteroatoms. The van der Waals surface area contributed by atoms with Crippen molar-refractivity contribution in [3.63, 3.8) is 0 Å². The molecule has 0 amide bonds. The van der Waals surface area contributed by atoms with E-state index in [1.807, 2.05) is 36.0 Å². The summed E-state index contributed by atoms with van der Waals surface area (Å²) >= 11 is 2.02. The number of hydrogen-bond acceptors (Lipinski definition) is 3. The Morgan fingerprint density at radius 3 is 2.53 bits per heavy atom. The zero-order valence-electron chi connectivity index (χ0n) is 10.8. The zero-order valence-corrected chi connectivity index (χ0v) is 11.6. The second kappa shape index (κ2) is 8.29. The van der Waals surface area contributed by atoms with Crippen molar-refractivity contribution in [1.82, 2.24) is 0 Å². The smallest absolute Gasteiger partial charge is 0.119 e. The molecule has 0 saturated carbocycles. The van der Waals surface area contributed by atoms with Crippen molar-refractivity contribution in [3.8, 4) is 5.75 Å². The maximum absolute atomic E-state index is 5.62. The average molecular weight is 253 g/mol. The fourth-order valence-electron chi connectivity index (χ4n) is 1.34. The second-order valence-electron chi connectivity index (χ2n) is 4.57. The first-order valence-electron chi connectivity index (χ1n) is 6.24. The molecule has 0 radical (unpaired) electrons. The molecule has 0 bridgehead atoms. The number of rotatable bonds is 8. The first-order valence-corrected chi connectivity index (χ1v) is 7.40. The Kier molecular flexibility index (Phi) is 6.94. The minimum atomic E-state index is 0.779. The summed E-state index contributed by atoms with van der Waals surface area (Å²) in [5.74, 6) is 4.17. The Labute approximate surface area is 109 Å². The lowest BCUT2D eigenvalue weighted by Crippen LogP contribution is -1.99. The number of nitrogens with two attached hydrogens (primary N) is 1. The summed E-state index contributed by atoms with van der Waals surface area (Å²) in [6, 6.07) is 7.57. The van der Waals surface area contributed by atoms with Crippen LogP contribution in [0.25, 0.3) is 0 Å². The van der Waals surface area contributed by atoms with Crippen LogP contribution < -0.4 is 10.5 Å². The molecule has 0 aliphatic heterocycles. The van der Waals surface area contributed by atoms with Crippen molar-refractivity contribution in [2.45, 2.75) is 26.7 Å². The molecule has 96 valence electrons. The SMILES string of the molecule is CC(C)CCSCCCOc1ccc(N)cc1. The molecule has 1 aromatic rings. The van der Waals surface area contributed by atoms with Gasteiger partial charge in [-0.05, 0) is 54.5 Å². The Morgan fingerprint density at radius 2 is 1.88 bits per heavy atom. The first kappa shape index (κ1) is 14.2. The highest BCUT2D eigenvalue weighted by molar-refractivity contribution is 7.99. The number of anilines is 1. The van der Waals surface area contributed by atoms with E-state index in [9.17, 15) is 0 Å². The minimum absolute atomic E-state index is 0.779. The average Bonchev–Trinajstić information content (AvgIpc) is 2.30. The van der Waals surface area contributed by atoms with E-state index in [0.717, 1.165) is 30.4 Å². The Hall–Kier alpha value is -0.830. The summed E-state index contributed by atoms with van der Waals surface area (Å²) < 4.78 is 5.62. The van der Waals surface area contributed by atoms with Gasteiger partial charge in [0.1, 0.15) is 5.75 Å². The van der Waals surface area contributed by atoms with Crippen molar-refractivity contribution in [2.75, 3.05) is 23.8 Å². The number of ether oxygens (including phenoxy) is 1. The van der Waals surface area contributed by atoms with Crippen LogP contribution in [0.3, 0.4) is 0 Å².